The van der Waals surface area contributed by atoms with E-state index in [2.05, 4.69) is 46.5 Å². The fourth-order valence-corrected chi connectivity index (χ4v) is 2.25. The molecule has 0 bridgehead atoms. The van der Waals surface area contributed by atoms with Crippen molar-refractivity contribution in [1.29, 1.82) is 0 Å². The number of amides is 1. The van der Waals surface area contributed by atoms with Gasteiger partial charge in [-0.25, -0.2) is 4.99 Å². The third-order valence-electron chi connectivity index (χ3n) is 4.24. The zero-order valence-corrected chi connectivity index (χ0v) is 21.0. The Bertz CT molecular complexity index is 445. The minimum atomic E-state index is -0.463. The summed E-state index contributed by atoms with van der Waals surface area (Å²) in [5.41, 5.74) is 0.0366. The van der Waals surface area contributed by atoms with Crippen molar-refractivity contribution in [3.8, 4) is 0 Å². The standard InChI is InChI=1S/C13H24N2O3.C9H20O.CH4O/c1-4-5-6-7-13(18)15(3)11(10-16)8-9-12(17)14-2;1-8(2)6-7-10-9(3,4)5;1-2/h10-11H,4-9H2,1-3H3,(H,14,17);8H,6-7H2,1-5H3;2H,1H3/p+1. The van der Waals surface area contributed by atoms with Gasteiger partial charge in [0, 0.05) is 27.2 Å². The summed E-state index contributed by atoms with van der Waals surface area (Å²) >= 11 is 0. The van der Waals surface area contributed by atoms with Gasteiger partial charge in [0.05, 0.1) is 18.1 Å². The summed E-state index contributed by atoms with van der Waals surface area (Å²) in [6, 6.07) is -0.463. The van der Waals surface area contributed by atoms with Crippen molar-refractivity contribution in [2.75, 3.05) is 27.8 Å². The molecule has 0 saturated heterocycles. The predicted molar refractivity (Wildman–Crippen MR) is 124 cm³/mol. The minimum Gasteiger partial charge on any atom is -0.464 e. The Morgan fingerprint density at radius 2 is 1.70 bits per heavy atom. The summed E-state index contributed by atoms with van der Waals surface area (Å²) in [6.45, 7) is 13.7. The molecule has 0 aliphatic carbocycles. The second-order valence-corrected chi connectivity index (χ2v) is 8.54. The molecule has 0 rings (SSSR count). The summed E-state index contributed by atoms with van der Waals surface area (Å²) < 4.78 is 5.54. The molecule has 1 atom stereocenters. The molecule has 3 N–H and O–H groups in total. The van der Waals surface area contributed by atoms with Crippen LogP contribution in [0.15, 0.2) is 0 Å². The fraction of sp³-hybridized carbons (Fsp3) is 0.870. The van der Waals surface area contributed by atoms with E-state index in [1.165, 1.54) is 4.90 Å². The van der Waals surface area contributed by atoms with Gasteiger partial charge in [0.2, 0.25) is 5.91 Å². The van der Waals surface area contributed by atoms with E-state index < -0.39 is 6.04 Å². The Morgan fingerprint density at radius 3 is 2.10 bits per heavy atom. The van der Waals surface area contributed by atoms with Gasteiger partial charge in [-0.15, -0.1) is 0 Å². The second-order valence-electron chi connectivity index (χ2n) is 8.54. The maximum atomic E-state index is 11.8. The van der Waals surface area contributed by atoms with Gasteiger partial charge in [-0.05, 0) is 46.0 Å². The van der Waals surface area contributed by atoms with E-state index in [4.69, 9.17) is 9.84 Å². The first-order valence-electron chi connectivity index (χ1n) is 11.0. The summed E-state index contributed by atoms with van der Waals surface area (Å²) in [7, 11) is 4.26. The number of aliphatic hydroxyl groups is 2. The second kappa shape index (κ2) is 20.8. The minimum absolute atomic E-state index is 0.00972. The molecule has 0 fully saturated rings. The van der Waals surface area contributed by atoms with Crippen LogP contribution in [0.2, 0.25) is 0 Å². The Labute approximate surface area is 184 Å². The number of hydrogen-bond acceptors (Lipinski definition) is 4. The van der Waals surface area contributed by atoms with E-state index in [0.717, 1.165) is 51.6 Å². The van der Waals surface area contributed by atoms with Crippen LogP contribution in [0.5, 0.6) is 0 Å². The van der Waals surface area contributed by atoms with Gasteiger partial charge in [0.25, 0.3) is 0 Å². The molecule has 0 spiro atoms. The molecule has 1 amide bonds. The number of aldehydes is 1. The van der Waals surface area contributed by atoms with Gasteiger partial charge in [-0.2, -0.15) is 0 Å². The molecule has 0 aromatic carbocycles. The number of ether oxygens (including phenoxy) is 1. The number of nitrogens with zero attached hydrogens (tertiary/aromatic N) is 1. The van der Waals surface area contributed by atoms with Gasteiger partial charge in [-0.1, -0.05) is 33.6 Å². The first kappa shape index (κ1) is 33.2. The van der Waals surface area contributed by atoms with Crippen molar-refractivity contribution < 1.29 is 29.5 Å². The monoisotopic (exact) mass is 433 g/mol. The van der Waals surface area contributed by atoms with Crippen molar-refractivity contribution >= 4 is 18.1 Å². The third kappa shape index (κ3) is 22.8. The van der Waals surface area contributed by atoms with E-state index in [1.807, 2.05) is 0 Å². The van der Waals surface area contributed by atoms with Crippen LogP contribution < -0.4 is 4.99 Å². The number of rotatable bonds is 12. The zero-order chi connectivity index (χ0) is 24.2. The van der Waals surface area contributed by atoms with Gasteiger partial charge < -0.3 is 24.6 Å². The average Bonchev–Trinajstić information content (AvgIpc) is 2.68. The normalized spacial score (nSPS) is 12.3. The number of carbonyl (C=O) groups is 2. The highest BCUT2D eigenvalue weighted by molar-refractivity contribution is 5.79. The smallest absolute Gasteiger partial charge is 0.331 e. The molecular formula is C23H49N2O5+. The summed E-state index contributed by atoms with van der Waals surface area (Å²) in [4.78, 5) is 26.9. The van der Waals surface area contributed by atoms with Crippen LogP contribution in [-0.2, 0) is 14.3 Å². The highest BCUT2D eigenvalue weighted by Gasteiger charge is 2.20. The molecule has 0 heterocycles. The maximum absolute atomic E-state index is 11.8. The maximum Gasteiger partial charge on any atom is 0.331 e. The van der Waals surface area contributed by atoms with Crippen molar-refractivity contribution in [1.82, 2.24) is 4.90 Å². The molecule has 0 aliphatic rings. The van der Waals surface area contributed by atoms with Crippen LogP contribution in [0.1, 0.15) is 86.5 Å². The largest absolute Gasteiger partial charge is 0.464 e. The number of unbranched alkanes of at least 4 members (excludes halogenated alkanes) is 2. The van der Waals surface area contributed by atoms with Crippen LogP contribution in [0.25, 0.3) is 0 Å². The van der Waals surface area contributed by atoms with Crippen molar-refractivity contribution in [2.45, 2.75) is 98.1 Å². The van der Waals surface area contributed by atoms with Crippen molar-refractivity contribution in [2.24, 2.45) is 5.92 Å². The molecule has 1 unspecified atom stereocenters. The summed E-state index contributed by atoms with van der Waals surface area (Å²) in [6.07, 6.45) is 6.17. The van der Waals surface area contributed by atoms with Gasteiger partial charge in [0.1, 0.15) is 13.3 Å². The highest BCUT2D eigenvalue weighted by atomic mass is 16.5. The van der Waals surface area contributed by atoms with E-state index in [1.54, 1.807) is 14.1 Å². The molecule has 0 aromatic heterocycles. The lowest BCUT2D eigenvalue weighted by molar-refractivity contribution is -0.431. The van der Waals surface area contributed by atoms with Gasteiger partial charge in [0.15, 0.2) is 0 Å². The first-order valence-corrected chi connectivity index (χ1v) is 11.0. The van der Waals surface area contributed by atoms with Crippen LogP contribution in [0, 0.1) is 5.92 Å². The number of carbonyl (C=O) groups excluding carboxylic acids is 2. The van der Waals surface area contributed by atoms with E-state index in [0.29, 0.717) is 19.3 Å². The lowest BCUT2D eigenvalue weighted by atomic mass is 10.1. The molecule has 7 nitrogen and oxygen atoms in total. The van der Waals surface area contributed by atoms with Crippen molar-refractivity contribution in [3.05, 3.63) is 0 Å². The van der Waals surface area contributed by atoms with Crippen LogP contribution in [-0.4, -0.2) is 72.7 Å². The summed E-state index contributed by atoms with van der Waals surface area (Å²) in [5, 5.41) is 16.3. The Balaban J connectivity index is -0.000000514. The van der Waals surface area contributed by atoms with Crippen LogP contribution in [0.3, 0.4) is 0 Å². The SMILES string of the molecule is CC(C)CCOC(C)(C)C.CCCCCC(=O)N(C)C(C=O)CCC(O)=[NH+]C.CO. The molecule has 0 radical (unpaired) electrons. The highest BCUT2D eigenvalue weighted by Crippen LogP contribution is 2.09. The van der Waals surface area contributed by atoms with E-state index in [9.17, 15) is 14.7 Å². The number of likely N-dealkylation sites (N-methyl/N-ethyl adjacent to an activating group) is 1. The van der Waals surface area contributed by atoms with Crippen LogP contribution >= 0.6 is 0 Å². The number of nitrogens with one attached hydrogen (secondary N) is 1. The van der Waals surface area contributed by atoms with E-state index in [-0.39, 0.29) is 17.4 Å². The molecular weight excluding hydrogens is 384 g/mol. The molecule has 180 valence electrons. The van der Waals surface area contributed by atoms with E-state index >= 15 is 0 Å². The quantitative estimate of drug-likeness (QED) is 0.190. The average molecular weight is 434 g/mol. The number of hydrogen-bond donors (Lipinski definition) is 3. The number of aliphatic hydroxyl groups excluding tert-OH is 2. The first-order chi connectivity index (χ1) is 14.0. The third-order valence-corrected chi connectivity index (χ3v) is 4.24. The van der Waals surface area contributed by atoms with Gasteiger partial charge >= 0.3 is 5.90 Å². The Morgan fingerprint density at radius 1 is 1.13 bits per heavy atom. The Kier molecular flexibility index (Phi) is 23.0. The topological polar surface area (TPSA) is 101 Å². The molecule has 0 aromatic rings. The predicted octanol–water partition coefficient (Wildman–Crippen LogP) is 2.50. The van der Waals surface area contributed by atoms with Gasteiger partial charge in [-0.3, -0.25) is 4.79 Å². The lowest BCUT2D eigenvalue weighted by Crippen LogP contribution is -2.68. The molecule has 7 heteroatoms. The van der Waals surface area contributed by atoms with Crippen LogP contribution in [0.4, 0.5) is 0 Å². The molecule has 0 saturated carbocycles. The lowest BCUT2D eigenvalue weighted by Gasteiger charge is -2.23. The Hall–Kier alpha value is -1.47. The fourth-order valence-electron chi connectivity index (χ4n) is 2.25. The molecule has 30 heavy (non-hydrogen) atoms. The summed E-state index contributed by atoms with van der Waals surface area (Å²) in [5.74, 6) is 0.875. The molecule has 0 aliphatic heterocycles. The van der Waals surface area contributed by atoms with Crippen molar-refractivity contribution in [3.63, 3.8) is 0 Å². The zero-order valence-electron chi connectivity index (χ0n) is 21.0.